The van der Waals surface area contributed by atoms with E-state index in [0.29, 0.717) is 11.0 Å². The molecule has 0 bridgehead atoms. The van der Waals surface area contributed by atoms with Gasteiger partial charge in [-0.1, -0.05) is 85.0 Å². The molecule has 0 radical (unpaired) electrons. The van der Waals surface area contributed by atoms with Crippen molar-refractivity contribution < 1.29 is 13.1 Å². The zero-order valence-corrected chi connectivity index (χ0v) is 26.6. The quantitative estimate of drug-likeness (QED) is 0.178. The molecule has 0 N–H and O–H groups in total. The Morgan fingerprint density at radius 2 is 1.58 bits per heavy atom. The van der Waals surface area contributed by atoms with Crippen LogP contribution >= 0.6 is 0 Å². The van der Waals surface area contributed by atoms with Crippen molar-refractivity contribution in [2.45, 2.75) is 6.04 Å². The molecule has 7 aromatic rings. The Labute approximate surface area is 286 Å². The molecule has 50 heavy (non-hydrogen) atoms. The smallest absolute Gasteiger partial charge is 0.415 e. The maximum atomic E-state index is 17.2. The summed E-state index contributed by atoms with van der Waals surface area (Å²) < 4.78 is 37.6. The molecule has 7 nitrogen and oxygen atoms in total. The second-order valence-corrected chi connectivity index (χ2v) is 12.7. The highest BCUT2D eigenvalue weighted by Crippen LogP contribution is 2.42. The van der Waals surface area contributed by atoms with E-state index in [1.807, 2.05) is 114 Å². The zero-order chi connectivity index (χ0) is 33.4. The first-order valence-corrected chi connectivity index (χ1v) is 16.6. The van der Waals surface area contributed by atoms with Gasteiger partial charge in [-0.3, -0.25) is 0 Å². The molecule has 0 saturated heterocycles. The number of benzene rings is 5. The van der Waals surface area contributed by atoms with Crippen LogP contribution in [0.25, 0.3) is 38.5 Å². The average molecular weight is 656 g/mol. The summed E-state index contributed by atoms with van der Waals surface area (Å²) in [6.07, 6.45) is 12.6. The minimum Gasteiger partial charge on any atom is -0.415 e. The van der Waals surface area contributed by atoms with Crippen LogP contribution in [0, 0.1) is 5.92 Å². The first-order chi connectivity index (χ1) is 24.6. The van der Waals surface area contributed by atoms with Crippen molar-refractivity contribution in [2.75, 3.05) is 4.90 Å². The lowest BCUT2D eigenvalue weighted by molar-refractivity contribution is -0.534. The number of aliphatic imine (C=N–C) groups is 1. The second kappa shape index (κ2) is 10.8. The van der Waals surface area contributed by atoms with Gasteiger partial charge in [-0.2, -0.15) is 0 Å². The van der Waals surface area contributed by atoms with Gasteiger partial charge in [0.05, 0.1) is 16.7 Å². The Kier molecular flexibility index (Phi) is 6.17. The van der Waals surface area contributed by atoms with Crippen molar-refractivity contribution in [1.29, 1.82) is 0 Å². The molecule has 5 aromatic carbocycles. The number of imidazole rings is 1. The maximum Gasteiger partial charge on any atom is 0.638 e. The summed E-state index contributed by atoms with van der Waals surface area (Å²) in [7, 11) is 0. The lowest BCUT2D eigenvalue weighted by atomic mass is 9.78. The van der Waals surface area contributed by atoms with E-state index in [2.05, 4.69) is 34.1 Å². The van der Waals surface area contributed by atoms with Crippen molar-refractivity contribution in [2.24, 2.45) is 10.9 Å². The van der Waals surface area contributed by atoms with Crippen molar-refractivity contribution in [3.05, 3.63) is 158 Å². The largest absolute Gasteiger partial charge is 0.638 e. The Morgan fingerprint density at radius 1 is 0.760 bits per heavy atom. The normalized spacial score (nSPS) is 18.8. The Balaban J connectivity index is 1.09. The van der Waals surface area contributed by atoms with Crippen LogP contribution in [0.15, 0.2) is 163 Å². The predicted octanol–water partition coefficient (Wildman–Crippen LogP) is 8.73. The lowest BCUT2D eigenvalue weighted by Gasteiger charge is -2.48. The average Bonchev–Trinajstić information content (AvgIpc) is 3.59. The summed E-state index contributed by atoms with van der Waals surface area (Å²) in [5, 5.41) is 2.18. The number of aromatic nitrogens is 4. The van der Waals surface area contributed by atoms with E-state index < -0.39 is 13.0 Å². The monoisotopic (exact) mass is 655 g/mol. The van der Waals surface area contributed by atoms with Crippen LogP contribution in [0.1, 0.15) is 0 Å². The van der Waals surface area contributed by atoms with Crippen LogP contribution in [0.2, 0.25) is 0 Å². The molecule has 0 saturated carbocycles. The van der Waals surface area contributed by atoms with Gasteiger partial charge in [0.25, 0.3) is 0 Å². The van der Waals surface area contributed by atoms with E-state index in [1.165, 1.54) is 11.0 Å². The van der Waals surface area contributed by atoms with Gasteiger partial charge in [0, 0.05) is 40.5 Å². The van der Waals surface area contributed by atoms with E-state index in [9.17, 15) is 0 Å². The summed E-state index contributed by atoms with van der Waals surface area (Å²) in [6, 6.07) is 37.2. The first kappa shape index (κ1) is 28.6. The zero-order valence-electron chi connectivity index (χ0n) is 26.6. The molecule has 0 spiro atoms. The Morgan fingerprint density at radius 3 is 2.50 bits per heavy atom. The molecular weight excluding hydrogens is 627 g/mol. The first-order valence-electron chi connectivity index (χ1n) is 16.6. The van der Waals surface area contributed by atoms with Crippen molar-refractivity contribution in [3.8, 4) is 0 Å². The van der Waals surface area contributed by atoms with Gasteiger partial charge in [0.15, 0.2) is 0 Å². The standard InChI is InChI=1S/C40H28BF2N7/c42-41(43)49-36-19-9-17-34(47-26-45-32-15-6-7-16-37(32)47)31(36)21-23-39(49)46-40-25-44-33-24-29(20-22-38(33)50(40)41)48(28-12-2-1-3-13-28)35-18-8-11-27-10-4-5-14-30(27)35/h1-26,31,36H. The van der Waals surface area contributed by atoms with Gasteiger partial charge >= 0.3 is 12.8 Å². The molecule has 0 amide bonds. The van der Waals surface area contributed by atoms with Gasteiger partial charge in [0.1, 0.15) is 23.6 Å². The number of para-hydroxylation sites is 3. The van der Waals surface area contributed by atoms with Crippen molar-refractivity contribution in [3.63, 3.8) is 0 Å². The summed E-state index contributed by atoms with van der Waals surface area (Å²) in [5.74, 6) is 0.00244. The number of anilines is 3. The van der Waals surface area contributed by atoms with Gasteiger partial charge in [-0.05, 0) is 65.0 Å². The molecule has 3 aliphatic rings. The summed E-state index contributed by atoms with van der Waals surface area (Å²) >= 11 is 0. The fourth-order valence-corrected chi connectivity index (χ4v) is 7.78. The second-order valence-electron chi connectivity index (χ2n) is 12.7. The van der Waals surface area contributed by atoms with E-state index in [0.717, 1.165) is 49.0 Å². The summed E-state index contributed by atoms with van der Waals surface area (Å²) in [5.41, 5.74) is 6.15. The molecule has 2 unspecified atom stereocenters. The van der Waals surface area contributed by atoms with Crippen LogP contribution < -0.4 is 9.38 Å². The van der Waals surface area contributed by atoms with Crippen LogP contribution in [-0.2, 0) is 0 Å². The van der Waals surface area contributed by atoms with Crippen molar-refractivity contribution in [1.82, 2.24) is 19.3 Å². The molecule has 4 heterocycles. The summed E-state index contributed by atoms with van der Waals surface area (Å²) in [4.78, 5) is 17.3. The Bertz CT molecular complexity index is 2620. The minimum absolute atomic E-state index is 0.120. The molecule has 0 fully saturated rings. The number of nitrogens with zero attached hydrogens (tertiary/aromatic N) is 7. The highest BCUT2D eigenvalue weighted by atomic mass is 19.2. The number of hydrogen-bond acceptors (Lipinski definition) is 5. The third kappa shape index (κ3) is 4.21. The number of hydrogen-bond donors (Lipinski definition) is 0. The van der Waals surface area contributed by atoms with Crippen LogP contribution in [0.3, 0.4) is 0 Å². The maximum absolute atomic E-state index is 17.2. The molecule has 240 valence electrons. The Hall–Kier alpha value is -6.42. The van der Waals surface area contributed by atoms with E-state index in [4.69, 9.17) is 9.98 Å². The van der Waals surface area contributed by atoms with E-state index in [1.54, 1.807) is 18.5 Å². The van der Waals surface area contributed by atoms with Gasteiger partial charge in [0.2, 0.25) is 5.84 Å². The van der Waals surface area contributed by atoms with Crippen LogP contribution in [0.4, 0.5) is 31.5 Å². The number of fused-ring (bicyclic) bond motifs is 8. The molecule has 10 rings (SSSR count). The number of amidine groups is 1. The van der Waals surface area contributed by atoms with E-state index >= 15 is 8.63 Å². The van der Waals surface area contributed by atoms with Crippen LogP contribution in [0.5, 0.6) is 0 Å². The van der Waals surface area contributed by atoms with E-state index in [-0.39, 0.29) is 17.6 Å². The third-order valence-electron chi connectivity index (χ3n) is 9.99. The third-order valence-corrected chi connectivity index (χ3v) is 9.99. The highest BCUT2D eigenvalue weighted by Gasteiger charge is 2.55. The fourth-order valence-electron chi connectivity index (χ4n) is 7.78. The SMILES string of the molecule is F[B-]1(F)N2C(=Nc3cnc4cc(N(c5ccccc5)c5cccc6ccccc56)ccc4[n+]31)C=CC1C(n3cnc4ccccc43)=CC=CC12. The summed E-state index contributed by atoms with van der Waals surface area (Å²) in [6.45, 7) is -4.34. The number of rotatable bonds is 4. The number of halogens is 2. The van der Waals surface area contributed by atoms with Gasteiger partial charge in [-0.25, -0.2) is 9.97 Å². The molecule has 1 aliphatic carbocycles. The van der Waals surface area contributed by atoms with Gasteiger partial charge in [-0.15, -0.1) is 0 Å². The number of allylic oxidation sites excluding steroid dienone is 2. The molecule has 10 heteroatoms. The fraction of sp³-hybridized carbons (Fsp3) is 0.0500. The molecule has 2 aromatic heterocycles. The molecule has 2 aliphatic heterocycles. The van der Waals surface area contributed by atoms with Crippen molar-refractivity contribution >= 4 is 74.2 Å². The van der Waals surface area contributed by atoms with Gasteiger partial charge < -0.3 is 27.4 Å². The van der Waals surface area contributed by atoms with Crippen LogP contribution in [-0.4, -0.2) is 38.2 Å². The minimum atomic E-state index is -4.34. The highest BCUT2D eigenvalue weighted by molar-refractivity contribution is 6.59. The topological polar surface area (TPSA) is 53.4 Å². The molecule has 2 atom stereocenters. The predicted molar refractivity (Wildman–Crippen MR) is 196 cm³/mol. The lowest BCUT2D eigenvalue weighted by Crippen LogP contribution is -2.75. The molecular formula is C40H28BF2N7.